The molecule has 0 N–H and O–H groups in total. The first-order valence-corrected chi connectivity index (χ1v) is 5.13. The second-order valence-electron chi connectivity index (χ2n) is 3.00. The maximum Gasteiger partial charge on any atom is 0.333 e. The Hall–Kier alpha value is -0.870. The van der Waals surface area contributed by atoms with Crippen molar-refractivity contribution >= 4 is 5.97 Å². The molecular weight excluding hydrogens is 196 g/mol. The molecule has 0 unspecified atom stereocenters. The van der Waals surface area contributed by atoms with Crippen molar-refractivity contribution in [2.75, 3.05) is 33.5 Å². The summed E-state index contributed by atoms with van der Waals surface area (Å²) in [5.74, 6) is -0.288. The molecule has 0 bridgehead atoms. The maximum absolute atomic E-state index is 11.3. The van der Waals surface area contributed by atoms with Gasteiger partial charge in [-0.25, -0.2) is 4.79 Å². The van der Waals surface area contributed by atoms with Crippen molar-refractivity contribution in [1.82, 2.24) is 0 Å². The zero-order chi connectivity index (χ0) is 11.5. The van der Waals surface area contributed by atoms with Crippen LogP contribution in [-0.2, 0) is 19.0 Å². The Kier molecular flexibility index (Phi) is 9.11. The van der Waals surface area contributed by atoms with Crippen LogP contribution in [0.25, 0.3) is 0 Å². The van der Waals surface area contributed by atoms with Gasteiger partial charge in [0.25, 0.3) is 0 Å². The molecule has 4 nitrogen and oxygen atoms in total. The molecule has 15 heavy (non-hydrogen) atoms. The lowest BCUT2D eigenvalue weighted by Crippen LogP contribution is -2.10. The summed E-state index contributed by atoms with van der Waals surface area (Å²) in [6.07, 6.45) is 2.56. The van der Waals surface area contributed by atoms with Crippen molar-refractivity contribution in [3.63, 3.8) is 0 Å². The molecule has 0 atom stereocenters. The summed E-state index contributed by atoms with van der Waals surface area (Å²) >= 11 is 0. The fourth-order valence-electron chi connectivity index (χ4n) is 0.918. The Balaban J connectivity index is 3.66. The Morgan fingerprint density at radius 2 is 2.00 bits per heavy atom. The third-order valence-electron chi connectivity index (χ3n) is 1.76. The average molecular weight is 216 g/mol. The molecule has 0 saturated heterocycles. The largest absolute Gasteiger partial charge is 0.460 e. The van der Waals surface area contributed by atoms with E-state index >= 15 is 0 Å². The smallest absolute Gasteiger partial charge is 0.333 e. The van der Waals surface area contributed by atoms with E-state index in [1.807, 2.05) is 13.0 Å². The minimum Gasteiger partial charge on any atom is -0.460 e. The number of carbonyl (C=O) groups excluding carboxylic acids is 1. The normalized spacial score (nSPS) is 11.5. The lowest BCUT2D eigenvalue weighted by molar-refractivity contribution is -0.140. The zero-order valence-corrected chi connectivity index (χ0v) is 9.75. The van der Waals surface area contributed by atoms with Crippen molar-refractivity contribution in [3.05, 3.63) is 11.6 Å². The topological polar surface area (TPSA) is 44.8 Å². The fourth-order valence-corrected chi connectivity index (χ4v) is 0.918. The molecule has 0 radical (unpaired) electrons. The van der Waals surface area contributed by atoms with E-state index in [0.29, 0.717) is 32.0 Å². The number of hydrogen-bond acceptors (Lipinski definition) is 4. The number of ether oxygens (including phenoxy) is 3. The van der Waals surface area contributed by atoms with E-state index in [1.165, 1.54) is 0 Å². The van der Waals surface area contributed by atoms with Crippen LogP contribution in [0.15, 0.2) is 11.6 Å². The zero-order valence-electron chi connectivity index (χ0n) is 9.75. The van der Waals surface area contributed by atoms with Crippen molar-refractivity contribution in [2.24, 2.45) is 0 Å². The van der Waals surface area contributed by atoms with Crippen LogP contribution in [0.3, 0.4) is 0 Å². The molecule has 0 aromatic heterocycles. The van der Waals surface area contributed by atoms with Gasteiger partial charge in [0, 0.05) is 19.3 Å². The minimum atomic E-state index is -0.288. The standard InChI is InChI=1S/C11H20O4/c1-4-14-7-5-6-10(2)11(12)15-9-8-13-3/h6H,4-5,7-9H2,1-3H3. The molecule has 88 valence electrons. The highest BCUT2D eigenvalue weighted by Crippen LogP contribution is 1.99. The van der Waals surface area contributed by atoms with Crippen LogP contribution in [-0.4, -0.2) is 39.5 Å². The highest BCUT2D eigenvalue weighted by molar-refractivity contribution is 5.87. The third-order valence-corrected chi connectivity index (χ3v) is 1.76. The van der Waals surface area contributed by atoms with Gasteiger partial charge in [-0.15, -0.1) is 0 Å². The summed E-state index contributed by atoms with van der Waals surface area (Å²) < 4.78 is 14.8. The second-order valence-corrected chi connectivity index (χ2v) is 3.00. The van der Waals surface area contributed by atoms with Gasteiger partial charge in [0.15, 0.2) is 0 Å². The van der Waals surface area contributed by atoms with E-state index < -0.39 is 0 Å². The predicted molar refractivity (Wildman–Crippen MR) is 57.7 cm³/mol. The Morgan fingerprint density at radius 3 is 2.60 bits per heavy atom. The Morgan fingerprint density at radius 1 is 1.27 bits per heavy atom. The van der Waals surface area contributed by atoms with Gasteiger partial charge in [0.05, 0.1) is 13.2 Å². The summed E-state index contributed by atoms with van der Waals surface area (Å²) in [5, 5.41) is 0. The van der Waals surface area contributed by atoms with Gasteiger partial charge in [-0.05, 0) is 20.3 Å². The molecule has 0 aliphatic rings. The molecule has 0 fully saturated rings. The number of rotatable bonds is 8. The predicted octanol–water partition coefficient (Wildman–Crippen LogP) is 1.55. The average Bonchev–Trinajstić information content (AvgIpc) is 2.24. The van der Waals surface area contributed by atoms with Gasteiger partial charge < -0.3 is 14.2 Å². The molecule has 4 heteroatoms. The first kappa shape index (κ1) is 14.1. The SMILES string of the molecule is CCOCCC=C(C)C(=O)OCCOC. The van der Waals surface area contributed by atoms with Gasteiger partial charge in [-0.2, -0.15) is 0 Å². The van der Waals surface area contributed by atoms with Crippen LogP contribution in [0.1, 0.15) is 20.3 Å². The highest BCUT2D eigenvalue weighted by atomic mass is 16.6. The molecule has 0 spiro atoms. The fraction of sp³-hybridized carbons (Fsp3) is 0.727. The van der Waals surface area contributed by atoms with Crippen molar-refractivity contribution in [2.45, 2.75) is 20.3 Å². The van der Waals surface area contributed by atoms with E-state index in [2.05, 4.69) is 0 Å². The van der Waals surface area contributed by atoms with E-state index in [1.54, 1.807) is 14.0 Å². The van der Waals surface area contributed by atoms with Crippen LogP contribution in [0, 0.1) is 0 Å². The first-order valence-electron chi connectivity index (χ1n) is 5.13. The van der Waals surface area contributed by atoms with Gasteiger partial charge in [-0.3, -0.25) is 0 Å². The molecule has 0 saturated carbocycles. The molecular formula is C11H20O4. The van der Waals surface area contributed by atoms with Crippen LogP contribution >= 0.6 is 0 Å². The van der Waals surface area contributed by atoms with E-state index in [9.17, 15) is 4.79 Å². The van der Waals surface area contributed by atoms with Gasteiger partial charge in [0.2, 0.25) is 0 Å². The van der Waals surface area contributed by atoms with E-state index in [0.717, 1.165) is 6.42 Å². The van der Waals surface area contributed by atoms with Crippen LogP contribution in [0.5, 0.6) is 0 Å². The lowest BCUT2D eigenvalue weighted by atomic mass is 10.2. The summed E-state index contributed by atoms with van der Waals surface area (Å²) in [7, 11) is 1.57. The molecule has 0 heterocycles. The van der Waals surface area contributed by atoms with Crippen LogP contribution in [0.2, 0.25) is 0 Å². The number of esters is 1. The monoisotopic (exact) mass is 216 g/mol. The number of methoxy groups -OCH3 is 1. The minimum absolute atomic E-state index is 0.288. The van der Waals surface area contributed by atoms with Gasteiger partial charge in [-0.1, -0.05) is 6.08 Å². The molecule has 0 aromatic carbocycles. The van der Waals surface area contributed by atoms with E-state index in [4.69, 9.17) is 14.2 Å². The Bertz CT molecular complexity index is 199. The van der Waals surface area contributed by atoms with Crippen molar-refractivity contribution < 1.29 is 19.0 Å². The summed E-state index contributed by atoms with van der Waals surface area (Å²) in [4.78, 5) is 11.3. The third kappa shape index (κ3) is 8.15. The quantitative estimate of drug-likeness (QED) is 0.351. The maximum atomic E-state index is 11.3. The molecule has 0 rings (SSSR count). The summed E-state index contributed by atoms with van der Waals surface area (Å²) in [5.41, 5.74) is 0.616. The van der Waals surface area contributed by atoms with Gasteiger partial charge in [0.1, 0.15) is 6.61 Å². The van der Waals surface area contributed by atoms with Gasteiger partial charge >= 0.3 is 5.97 Å². The van der Waals surface area contributed by atoms with E-state index in [-0.39, 0.29) is 5.97 Å². The van der Waals surface area contributed by atoms with Crippen molar-refractivity contribution in [1.29, 1.82) is 0 Å². The van der Waals surface area contributed by atoms with Crippen LogP contribution < -0.4 is 0 Å². The summed E-state index contributed by atoms with van der Waals surface area (Å²) in [6.45, 7) is 5.74. The second kappa shape index (κ2) is 9.68. The number of hydrogen-bond donors (Lipinski definition) is 0. The Labute approximate surface area is 91.2 Å². The molecule has 0 amide bonds. The molecule has 0 aliphatic carbocycles. The molecule has 0 aliphatic heterocycles. The molecule has 0 aromatic rings. The van der Waals surface area contributed by atoms with Crippen molar-refractivity contribution in [3.8, 4) is 0 Å². The number of carbonyl (C=O) groups is 1. The highest BCUT2D eigenvalue weighted by Gasteiger charge is 2.04. The lowest BCUT2D eigenvalue weighted by Gasteiger charge is -2.04. The summed E-state index contributed by atoms with van der Waals surface area (Å²) in [6, 6.07) is 0. The van der Waals surface area contributed by atoms with Crippen LogP contribution in [0.4, 0.5) is 0 Å². The first-order chi connectivity index (χ1) is 7.22.